The monoisotopic (exact) mass is 277 g/mol. The van der Waals surface area contributed by atoms with Crippen molar-refractivity contribution in [1.82, 2.24) is 9.78 Å². The van der Waals surface area contributed by atoms with Crippen LogP contribution in [0.1, 0.15) is 21.5 Å². The average Bonchev–Trinajstić information content (AvgIpc) is 2.66. The minimum absolute atomic E-state index is 0.0625. The number of aromatic nitrogens is 2. The Morgan fingerprint density at radius 3 is 2.58 bits per heavy atom. The first-order chi connectivity index (χ1) is 8.95. The predicted molar refractivity (Wildman–Crippen MR) is 76.2 cm³/mol. The lowest BCUT2D eigenvalue weighted by molar-refractivity contribution is 0.0694. The molecule has 3 N–H and O–H groups in total. The van der Waals surface area contributed by atoms with Gasteiger partial charge in [-0.3, -0.25) is 0 Å². The van der Waals surface area contributed by atoms with Crippen LogP contribution in [-0.4, -0.2) is 27.1 Å². The van der Waals surface area contributed by atoms with Crippen LogP contribution in [0.5, 0.6) is 0 Å². The SMILES string of the molecule is CSc1nn(-c2ccc(C)cc2C)c(N)c1C(=O)O. The Kier molecular flexibility index (Phi) is 3.53. The van der Waals surface area contributed by atoms with E-state index in [0.717, 1.165) is 16.8 Å². The van der Waals surface area contributed by atoms with Gasteiger partial charge in [-0.2, -0.15) is 5.10 Å². The number of carbonyl (C=O) groups is 1. The molecular formula is C13H15N3O2S. The van der Waals surface area contributed by atoms with Gasteiger partial charge in [-0.15, -0.1) is 11.8 Å². The summed E-state index contributed by atoms with van der Waals surface area (Å²) in [6.45, 7) is 3.95. The van der Waals surface area contributed by atoms with Crippen molar-refractivity contribution < 1.29 is 9.90 Å². The van der Waals surface area contributed by atoms with E-state index in [1.54, 1.807) is 6.26 Å². The summed E-state index contributed by atoms with van der Waals surface area (Å²) in [5, 5.41) is 13.9. The molecule has 0 fully saturated rings. The Hall–Kier alpha value is -1.95. The summed E-state index contributed by atoms with van der Waals surface area (Å²) in [4.78, 5) is 11.2. The Labute approximate surface area is 115 Å². The lowest BCUT2D eigenvalue weighted by atomic mass is 10.1. The molecule has 2 rings (SSSR count). The fourth-order valence-corrected chi connectivity index (χ4v) is 2.54. The van der Waals surface area contributed by atoms with Crippen LogP contribution < -0.4 is 5.73 Å². The number of carboxylic acid groups (broad SMARTS) is 1. The van der Waals surface area contributed by atoms with Crippen molar-refractivity contribution in [2.75, 3.05) is 12.0 Å². The first kappa shape index (κ1) is 13.5. The maximum atomic E-state index is 11.2. The second-order valence-electron chi connectivity index (χ2n) is 4.28. The van der Waals surface area contributed by atoms with Gasteiger partial charge in [0.05, 0.1) is 5.69 Å². The van der Waals surface area contributed by atoms with Crippen LogP contribution in [-0.2, 0) is 0 Å². The van der Waals surface area contributed by atoms with E-state index in [0.29, 0.717) is 5.03 Å². The third-order valence-electron chi connectivity index (χ3n) is 2.88. The smallest absolute Gasteiger partial charge is 0.342 e. The molecule has 100 valence electrons. The Morgan fingerprint density at radius 2 is 2.11 bits per heavy atom. The average molecular weight is 277 g/mol. The van der Waals surface area contributed by atoms with E-state index in [2.05, 4.69) is 5.10 Å². The van der Waals surface area contributed by atoms with Gasteiger partial charge in [0.15, 0.2) is 0 Å². The zero-order valence-electron chi connectivity index (χ0n) is 11.0. The number of anilines is 1. The zero-order chi connectivity index (χ0) is 14.2. The van der Waals surface area contributed by atoms with Gasteiger partial charge in [-0.25, -0.2) is 9.48 Å². The lowest BCUT2D eigenvalue weighted by Gasteiger charge is -2.08. The number of hydrogen-bond acceptors (Lipinski definition) is 4. The Balaban J connectivity index is 2.66. The highest BCUT2D eigenvalue weighted by Crippen LogP contribution is 2.28. The number of thioether (sulfide) groups is 1. The first-order valence-corrected chi connectivity index (χ1v) is 6.91. The number of nitrogens with two attached hydrogens (primary N) is 1. The van der Waals surface area contributed by atoms with Gasteiger partial charge >= 0.3 is 5.97 Å². The van der Waals surface area contributed by atoms with Crippen molar-refractivity contribution >= 4 is 23.5 Å². The third kappa shape index (κ3) is 2.31. The molecule has 6 heteroatoms. The molecule has 0 saturated carbocycles. The number of aromatic carboxylic acids is 1. The number of carboxylic acids is 1. The fourth-order valence-electron chi connectivity index (χ4n) is 1.98. The minimum Gasteiger partial charge on any atom is -0.477 e. The molecule has 1 aromatic heterocycles. The van der Waals surface area contributed by atoms with Crippen LogP contribution in [0.25, 0.3) is 5.69 Å². The van der Waals surface area contributed by atoms with E-state index in [4.69, 9.17) is 5.73 Å². The first-order valence-electron chi connectivity index (χ1n) is 5.69. The number of aryl methyl sites for hydroxylation is 2. The summed E-state index contributed by atoms with van der Waals surface area (Å²) in [7, 11) is 0. The van der Waals surface area contributed by atoms with Crippen LogP contribution in [0.15, 0.2) is 23.2 Å². The van der Waals surface area contributed by atoms with Crippen molar-refractivity contribution in [3.63, 3.8) is 0 Å². The topological polar surface area (TPSA) is 81.1 Å². The number of benzene rings is 1. The van der Waals surface area contributed by atoms with Crippen molar-refractivity contribution in [3.05, 3.63) is 34.9 Å². The van der Waals surface area contributed by atoms with Crippen LogP contribution in [0.3, 0.4) is 0 Å². The van der Waals surface area contributed by atoms with E-state index < -0.39 is 5.97 Å². The molecule has 1 aromatic carbocycles. The quantitative estimate of drug-likeness (QED) is 0.842. The molecule has 19 heavy (non-hydrogen) atoms. The highest BCUT2D eigenvalue weighted by atomic mass is 32.2. The van der Waals surface area contributed by atoms with Gasteiger partial charge in [0.1, 0.15) is 16.4 Å². The second kappa shape index (κ2) is 4.97. The standard InChI is InChI=1S/C13H15N3O2S/c1-7-4-5-9(8(2)6-7)16-11(14)10(13(17)18)12(15-16)19-3/h4-6H,14H2,1-3H3,(H,17,18). The summed E-state index contributed by atoms with van der Waals surface area (Å²) >= 11 is 1.27. The molecule has 0 saturated heterocycles. The molecule has 0 aliphatic heterocycles. The molecular weight excluding hydrogens is 262 g/mol. The second-order valence-corrected chi connectivity index (χ2v) is 5.07. The van der Waals surface area contributed by atoms with E-state index in [-0.39, 0.29) is 11.4 Å². The van der Waals surface area contributed by atoms with Gasteiger partial charge in [-0.05, 0) is 31.7 Å². The normalized spacial score (nSPS) is 10.7. The lowest BCUT2D eigenvalue weighted by Crippen LogP contribution is -2.07. The van der Waals surface area contributed by atoms with Crippen molar-refractivity contribution in [2.45, 2.75) is 18.9 Å². The number of hydrogen-bond donors (Lipinski definition) is 2. The largest absolute Gasteiger partial charge is 0.477 e. The highest BCUT2D eigenvalue weighted by molar-refractivity contribution is 7.98. The van der Waals surface area contributed by atoms with Gasteiger partial charge in [0.25, 0.3) is 0 Å². The summed E-state index contributed by atoms with van der Waals surface area (Å²) < 4.78 is 1.49. The molecule has 0 aliphatic rings. The maximum absolute atomic E-state index is 11.2. The molecule has 0 radical (unpaired) electrons. The van der Waals surface area contributed by atoms with E-state index in [9.17, 15) is 9.90 Å². The van der Waals surface area contributed by atoms with E-state index in [1.807, 2.05) is 32.0 Å². The van der Waals surface area contributed by atoms with Crippen LogP contribution in [0.4, 0.5) is 5.82 Å². The number of nitrogen functional groups attached to an aromatic ring is 1. The van der Waals surface area contributed by atoms with Crippen LogP contribution in [0.2, 0.25) is 0 Å². The van der Waals surface area contributed by atoms with Crippen LogP contribution >= 0.6 is 11.8 Å². The molecule has 0 bridgehead atoms. The number of rotatable bonds is 3. The van der Waals surface area contributed by atoms with Gasteiger partial charge in [-0.1, -0.05) is 17.7 Å². The molecule has 0 atom stereocenters. The molecule has 0 spiro atoms. The molecule has 2 aromatic rings. The van der Waals surface area contributed by atoms with Crippen molar-refractivity contribution in [2.24, 2.45) is 0 Å². The molecule has 0 aliphatic carbocycles. The number of nitrogens with zero attached hydrogens (tertiary/aromatic N) is 2. The molecule has 1 heterocycles. The van der Waals surface area contributed by atoms with Gasteiger partial charge in [0, 0.05) is 0 Å². The summed E-state index contributed by atoms with van der Waals surface area (Å²) in [6.07, 6.45) is 1.78. The molecule has 0 unspecified atom stereocenters. The molecule has 0 amide bonds. The Bertz CT molecular complexity index is 650. The zero-order valence-corrected chi connectivity index (χ0v) is 11.8. The maximum Gasteiger partial charge on any atom is 0.342 e. The van der Waals surface area contributed by atoms with E-state index in [1.165, 1.54) is 16.4 Å². The van der Waals surface area contributed by atoms with E-state index >= 15 is 0 Å². The van der Waals surface area contributed by atoms with Crippen molar-refractivity contribution in [3.8, 4) is 5.69 Å². The summed E-state index contributed by atoms with van der Waals surface area (Å²) in [5.74, 6) is -0.901. The summed E-state index contributed by atoms with van der Waals surface area (Å²) in [6, 6.07) is 5.85. The third-order valence-corrected chi connectivity index (χ3v) is 3.55. The highest BCUT2D eigenvalue weighted by Gasteiger charge is 2.22. The predicted octanol–water partition coefficient (Wildman–Crippen LogP) is 2.49. The summed E-state index contributed by atoms with van der Waals surface area (Å²) in [5.41, 5.74) is 8.92. The molecule has 5 nitrogen and oxygen atoms in total. The Morgan fingerprint density at radius 1 is 1.42 bits per heavy atom. The van der Waals surface area contributed by atoms with Crippen molar-refractivity contribution in [1.29, 1.82) is 0 Å². The minimum atomic E-state index is -1.06. The van der Waals surface area contributed by atoms with Gasteiger partial charge < -0.3 is 10.8 Å². The van der Waals surface area contributed by atoms with Crippen LogP contribution in [0, 0.1) is 13.8 Å². The fraction of sp³-hybridized carbons (Fsp3) is 0.231. The van der Waals surface area contributed by atoms with Gasteiger partial charge in [0.2, 0.25) is 0 Å².